The number of rotatable bonds is 6. The predicted octanol–water partition coefficient (Wildman–Crippen LogP) is 1.90. The number of benzene rings is 1. The Morgan fingerprint density at radius 1 is 1.30 bits per heavy atom. The van der Waals surface area contributed by atoms with E-state index in [0.29, 0.717) is 5.75 Å². The minimum atomic E-state index is -0.784. The standard InChI is InChI=1S/C13H18N2O5/c1-8(2)14-13(16)9(3)20-12-7-10(15(17)18)5-6-11(12)19-4/h5-9H,1-4H3,(H,14,16). The Morgan fingerprint density at radius 3 is 2.45 bits per heavy atom. The molecule has 0 radical (unpaired) electrons. The number of carbonyl (C=O) groups excluding carboxylic acids is 1. The molecule has 0 aliphatic heterocycles. The molecule has 1 N–H and O–H groups in total. The van der Waals surface area contributed by atoms with Crippen LogP contribution in [0, 0.1) is 10.1 Å². The smallest absolute Gasteiger partial charge is 0.273 e. The summed E-state index contributed by atoms with van der Waals surface area (Å²) in [4.78, 5) is 22.0. The monoisotopic (exact) mass is 282 g/mol. The van der Waals surface area contributed by atoms with Gasteiger partial charge in [0.2, 0.25) is 0 Å². The van der Waals surface area contributed by atoms with Crippen LogP contribution in [-0.2, 0) is 4.79 Å². The van der Waals surface area contributed by atoms with Crippen molar-refractivity contribution in [2.24, 2.45) is 0 Å². The lowest BCUT2D eigenvalue weighted by Crippen LogP contribution is -2.40. The molecule has 1 rings (SSSR count). The molecular weight excluding hydrogens is 264 g/mol. The van der Waals surface area contributed by atoms with Crippen LogP contribution in [0.2, 0.25) is 0 Å². The zero-order valence-electron chi connectivity index (χ0n) is 11.9. The van der Waals surface area contributed by atoms with Crippen LogP contribution in [0.15, 0.2) is 18.2 Å². The normalized spacial score (nSPS) is 11.8. The Kier molecular flexibility index (Phi) is 5.31. The Balaban J connectivity index is 2.92. The van der Waals surface area contributed by atoms with E-state index in [-0.39, 0.29) is 23.4 Å². The van der Waals surface area contributed by atoms with Crippen LogP contribution in [0.25, 0.3) is 0 Å². The van der Waals surface area contributed by atoms with Crippen molar-refractivity contribution >= 4 is 11.6 Å². The van der Waals surface area contributed by atoms with E-state index < -0.39 is 11.0 Å². The molecule has 0 bridgehead atoms. The highest BCUT2D eigenvalue weighted by molar-refractivity contribution is 5.81. The first-order valence-electron chi connectivity index (χ1n) is 6.14. The Bertz CT molecular complexity index is 502. The van der Waals surface area contributed by atoms with Gasteiger partial charge in [0.1, 0.15) is 0 Å². The lowest BCUT2D eigenvalue weighted by atomic mass is 10.2. The number of nitrogens with zero attached hydrogens (tertiary/aromatic N) is 1. The molecule has 0 saturated carbocycles. The fourth-order valence-electron chi connectivity index (χ4n) is 1.52. The van der Waals surface area contributed by atoms with E-state index in [0.717, 1.165) is 0 Å². The van der Waals surface area contributed by atoms with Gasteiger partial charge in [-0.3, -0.25) is 14.9 Å². The highest BCUT2D eigenvalue weighted by atomic mass is 16.6. The second kappa shape index (κ2) is 6.74. The number of non-ortho nitro benzene ring substituents is 1. The number of hydrogen-bond acceptors (Lipinski definition) is 5. The molecule has 1 atom stereocenters. The van der Waals surface area contributed by atoms with Gasteiger partial charge < -0.3 is 14.8 Å². The average molecular weight is 282 g/mol. The molecule has 0 aliphatic rings. The van der Waals surface area contributed by atoms with Crippen LogP contribution in [0.1, 0.15) is 20.8 Å². The molecule has 20 heavy (non-hydrogen) atoms. The van der Waals surface area contributed by atoms with E-state index >= 15 is 0 Å². The maximum absolute atomic E-state index is 11.8. The lowest BCUT2D eigenvalue weighted by Gasteiger charge is -2.17. The van der Waals surface area contributed by atoms with Crippen LogP contribution in [0.5, 0.6) is 11.5 Å². The van der Waals surface area contributed by atoms with Gasteiger partial charge in [-0.15, -0.1) is 0 Å². The van der Waals surface area contributed by atoms with E-state index in [1.807, 2.05) is 13.8 Å². The van der Waals surface area contributed by atoms with Crippen molar-refractivity contribution < 1.29 is 19.2 Å². The SMILES string of the molecule is COc1ccc([N+](=O)[O-])cc1OC(C)C(=O)NC(C)C. The van der Waals surface area contributed by atoms with Crippen LogP contribution in [0.4, 0.5) is 5.69 Å². The van der Waals surface area contributed by atoms with Crippen molar-refractivity contribution in [3.05, 3.63) is 28.3 Å². The number of nitro benzene ring substituents is 1. The number of hydrogen-bond donors (Lipinski definition) is 1. The molecule has 0 fully saturated rings. The summed E-state index contributed by atoms with van der Waals surface area (Å²) in [6.07, 6.45) is -0.784. The third-order valence-electron chi connectivity index (χ3n) is 2.46. The van der Waals surface area contributed by atoms with Crippen LogP contribution < -0.4 is 14.8 Å². The van der Waals surface area contributed by atoms with Crippen molar-refractivity contribution in [2.75, 3.05) is 7.11 Å². The number of carbonyl (C=O) groups is 1. The second-order valence-corrected chi connectivity index (χ2v) is 4.52. The van der Waals surface area contributed by atoms with E-state index in [4.69, 9.17) is 9.47 Å². The van der Waals surface area contributed by atoms with Crippen LogP contribution in [-0.4, -0.2) is 30.1 Å². The minimum absolute atomic E-state index is 0.0134. The Labute approximate surface area is 117 Å². The second-order valence-electron chi connectivity index (χ2n) is 4.52. The summed E-state index contributed by atoms with van der Waals surface area (Å²) in [5.74, 6) is 0.196. The zero-order chi connectivity index (χ0) is 15.3. The third-order valence-corrected chi connectivity index (χ3v) is 2.46. The molecule has 0 saturated heterocycles. The fourth-order valence-corrected chi connectivity index (χ4v) is 1.52. The maximum atomic E-state index is 11.8. The number of nitrogens with one attached hydrogen (secondary N) is 1. The molecular formula is C13H18N2O5. The van der Waals surface area contributed by atoms with Gasteiger partial charge in [0.05, 0.1) is 18.1 Å². The number of ether oxygens (including phenoxy) is 2. The summed E-state index contributed by atoms with van der Waals surface area (Å²) in [5.41, 5.74) is -0.128. The fraction of sp³-hybridized carbons (Fsp3) is 0.462. The van der Waals surface area contributed by atoms with Gasteiger partial charge in [0.15, 0.2) is 17.6 Å². The van der Waals surface area contributed by atoms with Crippen molar-refractivity contribution in [3.8, 4) is 11.5 Å². The first kappa shape index (κ1) is 15.7. The van der Waals surface area contributed by atoms with E-state index in [2.05, 4.69) is 5.32 Å². The van der Waals surface area contributed by atoms with Crippen molar-refractivity contribution in [2.45, 2.75) is 32.9 Å². The van der Waals surface area contributed by atoms with Crippen molar-refractivity contribution in [3.63, 3.8) is 0 Å². The van der Waals surface area contributed by atoms with Crippen molar-refractivity contribution in [1.82, 2.24) is 5.32 Å². The first-order chi connectivity index (χ1) is 9.35. The largest absolute Gasteiger partial charge is 0.493 e. The summed E-state index contributed by atoms with van der Waals surface area (Å²) < 4.78 is 10.5. The maximum Gasteiger partial charge on any atom is 0.273 e. The molecule has 7 nitrogen and oxygen atoms in total. The van der Waals surface area contributed by atoms with Gasteiger partial charge in [0, 0.05) is 12.1 Å². The summed E-state index contributed by atoms with van der Waals surface area (Å²) >= 11 is 0. The van der Waals surface area contributed by atoms with E-state index in [1.165, 1.54) is 25.3 Å². The Morgan fingerprint density at radius 2 is 1.95 bits per heavy atom. The topological polar surface area (TPSA) is 90.7 Å². The molecule has 0 spiro atoms. The number of amides is 1. The van der Waals surface area contributed by atoms with Crippen molar-refractivity contribution in [1.29, 1.82) is 0 Å². The van der Waals surface area contributed by atoms with Crippen LogP contribution in [0.3, 0.4) is 0 Å². The Hall–Kier alpha value is -2.31. The van der Waals surface area contributed by atoms with Gasteiger partial charge in [0.25, 0.3) is 11.6 Å². The number of nitro groups is 1. The quantitative estimate of drug-likeness (QED) is 0.635. The molecule has 110 valence electrons. The van der Waals surface area contributed by atoms with E-state index in [1.54, 1.807) is 6.92 Å². The zero-order valence-corrected chi connectivity index (χ0v) is 11.9. The molecule has 1 aromatic carbocycles. The first-order valence-corrected chi connectivity index (χ1v) is 6.14. The van der Waals surface area contributed by atoms with Gasteiger partial charge in [-0.2, -0.15) is 0 Å². The molecule has 7 heteroatoms. The van der Waals surface area contributed by atoms with Gasteiger partial charge in [-0.05, 0) is 26.8 Å². The van der Waals surface area contributed by atoms with Gasteiger partial charge in [-0.1, -0.05) is 0 Å². The summed E-state index contributed by atoms with van der Waals surface area (Å²) in [6.45, 7) is 5.23. The lowest BCUT2D eigenvalue weighted by molar-refractivity contribution is -0.385. The molecule has 1 unspecified atom stereocenters. The van der Waals surface area contributed by atoms with Gasteiger partial charge >= 0.3 is 0 Å². The average Bonchev–Trinajstić information content (AvgIpc) is 2.37. The summed E-state index contributed by atoms with van der Waals surface area (Å²) in [7, 11) is 1.42. The molecule has 0 aliphatic carbocycles. The summed E-state index contributed by atoms with van der Waals surface area (Å²) in [6, 6.07) is 3.96. The minimum Gasteiger partial charge on any atom is -0.493 e. The number of methoxy groups -OCH3 is 1. The van der Waals surface area contributed by atoms with Gasteiger partial charge in [-0.25, -0.2) is 0 Å². The highest BCUT2D eigenvalue weighted by Gasteiger charge is 2.19. The molecule has 1 amide bonds. The highest BCUT2D eigenvalue weighted by Crippen LogP contribution is 2.31. The molecule has 0 heterocycles. The molecule has 1 aromatic rings. The third kappa shape index (κ3) is 4.11. The van der Waals surface area contributed by atoms with E-state index in [9.17, 15) is 14.9 Å². The predicted molar refractivity (Wildman–Crippen MR) is 73.0 cm³/mol. The molecule has 0 aromatic heterocycles. The van der Waals surface area contributed by atoms with Crippen LogP contribution >= 0.6 is 0 Å². The summed E-state index contributed by atoms with van der Waals surface area (Å²) in [5, 5.41) is 13.4.